The van der Waals surface area contributed by atoms with Crippen molar-refractivity contribution in [1.29, 1.82) is 0 Å². The zero-order valence-electron chi connectivity index (χ0n) is 14.7. The predicted molar refractivity (Wildman–Crippen MR) is 101 cm³/mol. The zero-order valence-corrected chi connectivity index (χ0v) is 16.2. The van der Waals surface area contributed by atoms with Crippen molar-refractivity contribution < 1.29 is 9.90 Å². The Morgan fingerprint density at radius 2 is 1.96 bits per heavy atom. The molecule has 24 heavy (non-hydrogen) atoms. The Morgan fingerprint density at radius 3 is 2.38 bits per heavy atom. The molecule has 0 aromatic heterocycles. The Morgan fingerprint density at radius 1 is 1.33 bits per heavy atom. The molecule has 134 valence electrons. The molecule has 0 aliphatic rings. The standard InChI is InChI=1S/C18H26Cl2N2O2/c1-6-9-18(11-21-5,12-22(16(23)24)17(2,3)4)13-7-8-14(19)15(20)10-13/h6-8,10,21H,1,9,11-12H2,2-5H3,(H,23,24)/t18-/m0/s1. The van der Waals surface area contributed by atoms with Crippen molar-refractivity contribution in [2.45, 2.75) is 38.1 Å². The van der Waals surface area contributed by atoms with Crippen LogP contribution in [-0.2, 0) is 5.41 Å². The minimum atomic E-state index is -0.952. The van der Waals surface area contributed by atoms with Crippen molar-refractivity contribution in [3.8, 4) is 0 Å². The summed E-state index contributed by atoms with van der Waals surface area (Å²) < 4.78 is 0. The third-order valence-electron chi connectivity index (χ3n) is 4.08. The van der Waals surface area contributed by atoms with Gasteiger partial charge < -0.3 is 15.3 Å². The number of halogens is 2. The Balaban J connectivity index is 3.44. The second-order valence-corrected chi connectivity index (χ2v) is 7.79. The lowest BCUT2D eigenvalue weighted by Crippen LogP contribution is -2.54. The van der Waals surface area contributed by atoms with Crippen molar-refractivity contribution in [3.05, 3.63) is 46.5 Å². The summed E-state index contributed by atoms with van der Waals surface area (Å²) in [5.74, 6) is 0. The molecule has 0 aliphatic carbocycles. The van der Waals surface area contributed by atoms with Crippen molar-refractivity contribution in [2.24, 2.45) is 0 Å². The van der Waals surface area contributed by atoms with Crippen LogP contribution in [0.1, 0.15) is 32.8 Å². The summed E-state index contributed by atoms with van der Waals surface area (Å²) >= 11 is 12.2. The Bertz CT molecular complexity index is 599. The Hall–Kier alpha value is -1.23. The minimum Gasteiger partial charge on any atom is -0.465 e. The number of carbonyl (C=O) groups is 1. The van der Waals surface area contributed by atoms with Crippen molar-refractivity contribution in [1.82, 2.24) is 10.2 Å². The van der Waals surface area contributed by atoms with Gasteiger partial charge in [0.05, 0.1) is 10.0 Å². The molecule has 0 unspecified atom stereocenters. The summed E-state index contributed by atoms with van der Waals surface area (Å²) in [4.78, 5) is 13.3. The lowest BCUT2D eigenvalue weighted by molar-refractivity contribution is 0.0819. The number of hydrogen-bond donors (Lipinski definition) is 2. The molecule has 1 aromatic rings. The van der Waals surface area contributed by atoms with E-state index < -0.39 is 17.0 Å². The van der Waals surface area contributed by atoms with E-state index in [1.54, 1.807) is 6.07 Å². The summed E-state index contributed by atoms with van der Waals surface area (Å²) in [6.07, 6.45) is 1.46. The van der Waals surface area contributed by atoms with E-state index in [1.165, 1.54) is 4.90 Å². The monoisotopic (exact) mass is 372 g/mol. The van der Waals surface area contributed by atoms with Gasteiger partial charge in [-0.2, -0.15) is 0 Å². The second kappa shape index (κ2) is 8.24. The lowest BCUT2D eigenvalue weighted by Gasteiger charge is -2.42. The summed E-state index contributed by atoms with van der Waals surface area (Å²) in [5, 5.41) is 13.8. The predicted octanol–water partition coefficient (Wildman–Crippen LogP) is 4.81. The first-order chi connectivity index (χ1) is 11.1. The molecule has 0 saturated carbocycles. The van der Waals surface area contributed by atoms with Gasteiger partial charge in [-0.1, -0.05) is 35.3 Å². The molecule has 6 heteroatoms. The normalized spacial score (nSPS) is 14.1. The highest BCUT2D eigenvalue weighted by Crippen LogP contribution is 2.35. The van der Waals surface area contributed by atoms with Crippen molar-refractivity contribution in [3.63, 3.8) is 0 Å². The molecule has 4 nitrogen and oxygen atoms in total. The molecular formula is C18H26Cl2N2O2. The maximum absolute atomic E-state index is 11.8. The van der Waals surface area contributed by atoms with Gasteiger partial charge in [0.15, 0.2) is 0 Å². The lowest BCUT2D eigenvalue weighted by atomic mass is 9.76. The van der Waals surface area contributed by atoms with Crippen LogP contribution in [0.15, 0.2) is 30.9 Å². The van der Waals surface area contributed by atoms with Gasteiger partial charge in [0, 0.05) is 24.0 Å². The maximum Gasteiger partial charge on any atom is 0.407 e. The second-order valence-electron chi connectivity index (χ2n) is 6.97. The summed E-state index contributed by atoms with van der Waals surface area (Å²) in [6, 6.07) is 5.46. The van der Waals surface area contributed by atoms with E-state index in [4.69, 9.17) is 23.2 Å². The van der Waals surface area contributed by atoms with Gasteiger partial charge in [0.25, 0.3) is 0 Å². The molecule has 1 amide bonds. The average Bonchev–Trinajstić information content (AvgIpc) is 2.46. The fourth-order valence-corrected chi connectivity index (χ4v) is 3.14. The van der Waals surface area contributed by atoms with Crippen LogP contribution in [0.2, 0.25) is 10.0 Å². The van der Waals surface area contributed by atoms with Gasteiger partial charge in [-0.25, -0.2) is 4.79 Å². The molecule has 0 heterocycles. The average molecular weight is 373 g/mol. The number of likely N-dealkylation sites (N-methyl/N-ethyl adjacent to an activating group) is 1. The summed E-state index contributed by atoms with van der Waals surface area (Å²) in [7, 11) is 1.84. The van der Waals surface area contributed by atoms with Gasteiger partial charge in [-0.05, 0) is 51.9 Å². The molecule has 0 fully saturated rings. The van der Waals surface area contributed by atoms with E-state index >= 15 is 0 Å². The molecule has 2 N–H and O–H groups in total. The highest BCUT2D eigenvalue weighted by Gasteiger charge is 2.38. The Kier molecular flexibility index (Phi) is 7.14. The van der Waals surface area contributed by atoms with E-state index in [0.29, 0.717) is 29.6 Å². The highest BCUT2D eigenvalue weighted by molar-refractivity contribution is 6.42. The first-order valence-electron chi connectivity index (χ1n) is 7.79. The maximum atomic E-state index is 11.8. The minimum absolute atomic E-state index is 0.316. The number of allylic oxidation sites excluding steroid dienone is 1. The quantitative estimate of drug-likeness (QED) is 0.675. The van der Waals surface area contributed by atoms with Gasteiger partial charge in [0.2, 0.25) is 0 Å². The van der Waals surface area contributed by atoms with Crippen LogP contribution >= 0.6 is 23.2 Å². The molecule has 0 spiro atoms. The zero-order chi connectivity index (χ0) is 18.5. The van der Waals surface area contributed by atoms with E-state index in [2.05, 4.69) is 11.9 Å². The molecule has 0 aliphatic heterocycles. The number of benzene rings is 1. The van der Waals surface area contributed by atoms with Crippen molar-refractivity contribution >= 4 is 29.3 Å². The number of hydrogen-bond acceptors (Lipinski definition) is 2. The number of nitrogens with zero attached hydrogens (tertiary/aromatic N) is 1. The van der Waals surface area contributed by atoms with Crippen LogP contribution in [0.3, 0.4) is 0 Å². The molecule has 1 aromatic carbocycles. The van der Waals surface area contributed by atoms with Crippen molar-refractivity contribution in [2.75, 3.05) is 20.1 Å². The van der Waals surface area contributed by atoms with Crippen LogP contribution in [0, 0.1) is 0 Å². The van der Waals surface area contributed by atoms with Crippen LogP contribution in [0.25, 0.3) is 0 Å². The van der Waals surface area contributed by atoms with E-state index in [9.17, 15) is 9.90 Å². The smallest absolute Gasteiger partial charge is 0.407 e. The van der Waals surface area contributed by atoms with Crippen LogP contribution < -0.4 is 5.32 Å². The first-order valence-corrected chi connectivity index (χ1v) is 8.54. The number of nitrogens with one attached hydrogen (secondary N) is 1. The van der Waals surface area contributed by atoms with E-state index in [-0.39, 0.29) is 0 Å². The number of rotatable bonds is 7. The number of amides is 1. The molecule has 0 bridgehead atoms. The van der Waals surface area contributed by atoms with Gasteiger partial charge in [0.1, 0.15) is 0 Å². The fraction of sp³-hybridized carbons (Fsp3) is 0.500. The third-order valence-corrected chi connectivity index (χ3v) is 4.82. The summed E-state index contributed by atoms with van der Waals surface area (Å²) in [6.45, 7) is 10.4. The molecule has 1 atom stereocenters. The third kappa shape index (κ3) is 4.88. The molecule has 0 saturated heterocycles. The largest absolute Gasteiger partial charge is 0.465 e. The van der Waals surface area contributed by atoms with Gasteiger partial charge in [-0.15, -0.1) is 6.58 Å². The SMILES string of the molecule is C=CC[C@](CNC)(CN(C(=O)O)C(C)(C)C)c1ccc(Cl)c(Cl)c1. The van der Waals surface area contributed by atoms with Gasteiger partial charge in [-0.3, -0.25) is 0 Å². The van der Waals surface area contributed by atoms with Crippen LogP contribution in [0.5, 0.6) is 0 Å². The van der Waals surface area contributed by atoms with E-state index in [1.807, 2.05) is 46.0 Å². The van der Waals surface area contributed by atoms with Gasteiger partial charge >= 0.3 is 6.09 Å². The molecule has 0 radical (unpaired) electrons. The summed E-state index contributed by atoms with van der Waals surface area (Å²) in [5.41, 5.74) is -0.0832. The fourth-order valence-electron chi connectivity index (χ4n) is 2.84. The Labute approximate surface area is 154 Å². The molecule has 1 rings (SSSR count). The topological polar surface area (TPSA) is 52.6 Å². The first kappa shape index (κ1) is 20.8. The van der Waals surface area contributed by atoms with Crippen LogP contribution in [0.4, 0.5) is 4.79 Å². The van der Waals surface area contributed by atoms with Crippen LogP contribution in [-0.4, -0.2) is 41.8 Å². The molecular weight excluding hydrogens is 347 g/mol. The highest BCUT2D eigenvalue weighted by atomic mass is 35.5. The van der Waals surface area contributed by atoms with E-state index in [0.717, 1.165) is 5.56 Å². The number of carboxylic acid groups (broad SMARTS) is 1.